The van der Waals surface area contributed by atoms with Crippen molar-refractivity contribution in [3.05, 3.63) is 23.8 Å². The predicted octanol–water partition coefficient (Wildman–Crippen LogP) is 1.12. The van der Waals surface area contributed by atoms with E-state index in [2.05, 4.69) is 0 Å². The van der Waals surface area contributed by atoms with Crippen LogP contribution in [0.3, 0.4) is 0 Å². The van der Waals surface area contributed by atoms with Crippen molar-refractivity contribution < 1.29 is 24.5 Å². The molecule has 0 aliphatic carbocycles. The van der Waals surface area contributed by atoms with Crippen molar-refractivity contribution >= 4 is 11.9 Å². The Kier molecular flexibility index (Phi) is 5.17. The van der Waals surface area contributed by atoms with E-state index in [-0.39, 0.29) is 29.6 Å². The molecule has 0 fully saturated rings. The van der Waals surface area contributed by atoms with Gasteiger partial charge in [0.25, 0.3) is 5.91 Å². The average Bonchev–Trinajstić information content (AvgIpc) is 2.37. The van der Waals surface area contributed by atoms with Crippen LogP contribution in [0.15, 0.2) is 18.2 Å². The number of esters is 1. The van der Waals surface area contributed by atoms with Crippen LogP contribution >= 0.6 is 0 Å². The van der Waals surface area contributed by atoms with Gasteiger partial charge in [-0.1, -0.05) is 0 Å². The number of phenolic OH excluding ortho intramolecular Hbond substituents is 2. The Labute approximate surface area is 111 Å². The molecule has 1 amide bonds. The fourth-order valence-electron chi connectivity index (χ4n) is 1.57. The minimum atomic E-state index is -0.807. The summed E-state index contributed by atoms with van der Waals surface area (Å²) in [6.45, 7) is 4.36. The second-order valence-corrected chi connectivity index (χ2v) is 3.84. The minimum Gasteiger partial charge on any atom is -0.508 e. The van der Waals surface area contributed by atoms with Crippen molar-refractivity contribution in [2.24, 2.45) is 0 Å². The summed E-state index contributed by atoms with van der Waals surface area (Å²) in [5.41, 5.74) is -0.0925. The molecule has 1 rings (SSSR count). The molecule has 1 aromatic rings. The van der Waals surface area contributed by atoms with Gasteiger partial charge in [-0.05, 0) is 26.0 Å². The normalized spacial score (nSPS) is 10.0. The molecule has 0 unspecified atom stereocenters. The second-order valence-electron chi connectivity index (χ2n) is 3.84. The third-order valence-corrected chi connectivity index (χ3v) is 2.64. The molecule has 2 N–H and O–H groups in total. The number of benzene rings is 1. The topological polar surface area (TPSA) is 87.1 Å². The number of hydrogen-bond donors (Lipinski definition) is 2. The first-order chi connectivity index (χ1) is 8.99. The first-order valence-corrected chi connectivity index (χ1v) is 5.96. The Bertz CT molecular complexity index is 468. The van der Waals surface area contributed by atoms with Crippen molar-refractivity contribution in [2.45, 2.75) is 13.8 Å². The SMILES string of the molecule is CCN(CC)C(=O)COC(=O)c1ccc(O)cc1O. The quantitative estimate of drug-likeness (QED) is 0.781. The molecule has 0 radical (unpaired) electrons. The van der Waals surface area contributed by atoms with Gasteiger partial charge in [0.15, 0.2) is 6.61 Å². The van der Waals surface area contributed by atoms with Crippen molar-refractivity contribution in [1.29, 1.82) is 0 Å². The minimum absolute atomic E-state index is 0.0925. The van der Waals surface area contributed by atoms with Crippen LogP contribution in [0.1, 0.15) is 24.2 Å². The van der Waals surface area contributed by atoms with Crippen LogP contribution in [0, 0.1) is 0 Å². The number of hydrogen-bond acceptors (Lipinski definition) is 5. The Morgan fingerprint density at radius 2 is 1.84 bits per heavy atom. The van der Waals surface area contributed by atoms with Crippen LogP contribution in [0.2, 0.25) is 0 Å². The Hall–Kier alpha value is -2.24. The van der Waals surface area contributed by atoms with Gasteiger partial charge in [-0.25, -0.2) is 4.79 Å². The highest BCUT2D eigenvalue weighted by Crippen LogP contribution is 2.23. The molecule has 6 nitrogen and oxygen atoms in total. The molecule has 0 aromatic heterocycles. The van der Waals surface area contributed by atoms with E-state index in [1.54, 1.807) is 0 Å². The van der Waals surface area contributed by atoms with Crippen molar-refractivity contribution in [1.82, 2.24) is 4.90 Å². The second kappa shape index (κ2) is 6.63. The summed E-state index contributed by atoms with van der Waals surface area (Å²) in [5, 5.41) is 18.6. The molecule has 0 atom stereocenters. The molecular formula is C13H17NO5. The molecule has 6 heteroatoms. The van der Waals surface area contributed by atoms with Crippen LogP contribution in [0.4, 0.5) is 0 Å². The maximum absolute atomic E-state index is 11.6. The van der Waals surface area contributed by atoms with E-state index in [4.69, 9.17) is 9.84 Å². The smallest absolute Gasteiger partial charge is 0.342 e. The highest BCUT2D eigenvalue weighted by atomic mass is 16.5. The molecule has 0 heterocycles. The van der Waals surface area contributed by atoms with E-state index in [0.717, 1.165) is 6.07 Å². The maximum atomic E-state index is 11.6. The van der Waals surface area contributed by atoms with Crippen LogP contribution in [-0.2, 0) is 9.53 Å². The van der Waals surface area contributed by atoms with Gasteiger partial charge in [-0.2, -0.15) is 0 Å². The van der Waals surface area contributed by atoms with Crippen molar-refractivity contribution in [2.75, 3.05) is 19.7 Å². The first-order valence-electron chi connectivity index (χ1n) is 5.96. The number of rotatable bonds is 5. The molecule has 1 aromatic carbocycles. The van der Waals surface area contributed by atoms with Crippen LogP contribution in [0.5, 0.6) is 11.5 Å². The zero-order valence-electron chi connectivity index (χ0n) is 10.9. The first kappa shape index (κ1) is 14.8. The third kappa shape index (κ3) is 3.87. The predicted molar refractivity (Wildman–Crippen MR) is 68.0 cm³/mol. The van der Waals surface area contributed by atoms with Crippen molar-refractivity contribution in [3.63, 3.8) is 0 Å². The van der Waals surface area contributed by atoms with Gasteiger partial charge >= 0.3 is 5.97 Å². The summed E-state index contributed by atoms with van der Waals surface area (Å²) in [6.07, 6.45) is 0. The molecule has 0 aliphatic heterocycles. The van der Waals surface area contributed by atoms with Crippen LogP contribution in [-0.4, -0.2) is 46.7 Å². The Balaban J connectivity index is 2.63. The molecule has 0 saturated carbocycles. The fourth-order valence-corrected chi connectivity index (χ4v) is 1.57. The Morgan fingerprint density at radius 1 is 1.21 bits per heavy atom. The molecule has 104 valence electrons. The zero-order chi connectivity index (χ0) is 14.4. The van der Waals surface area contributed by atoms with Crippen LogP contribution in [0.25, 0.3) is 0 Å². The zero-order valence-corrected chi connectivity index (χ0v) is 10.9. The maximum Gasteiger partial charge on any atom is 0.342 e. The van der Waals surface area contributed by atoms with Gasteiger partial charge < -0.3 is 19.8 Å². The number of ether oxygens (including phenoxy) is 1. The number of amides is 1. The summed E-state index contributed by atoms with van der Waals surface area (Å²) in [7, 11) is 0. The van der Waals surface area contributed by atoms with Gasteiger partial charge in [0.1, 0.15) is 17.1 Å². The standard InChI is InChI=1S/C13H17NO5/c1-3-14(4-2)12(17)8-19-13(18)10-6-5-9(15)7-11(10)16/h5-7,15-16H,3-4,8H2,1-2H3. The van der Waals surface area contributed by atoms with Gasteiger partial charge in [0, 0.05) is 19.2 Å². The molecule has 0 spiro atoms. The summed E-state index contributed by atoms with van der Waals surface area (Å²) >= 11 is 0. The summed E-state index contributed by atoms with van der Waals surface area (Å²) in [6, 6.07) is 3.51. The average molecular weight is 267 g/mol. The highest BCUT2D eigenvalue weighted by molar-refractivity contribution is 5.94. The summed E-state index contributed by atoms with van der Waals surface area (Å²) in [4.78, 5) is 24.8. The van der Waals surface area contributed by atoms with E-state index in [1.807, 2.05) is 13.8 Å². The van der Waals surface area contributed by atoms with Crippen LogP contribution < -0.4 is 0 Å². The lowest BCUT2D eigenvalue weighted by Crippen LogP contribution is -2.34. The lowest BCUT2D eigenvalue weighted by molar-refractivity contribution is -0.134. The van der Waals surface area contributed by atoms with Gasteiger partial charge in [-0.3, -0.25) is 4.79 Å². The fraction of sp³-hybridized carbons (Fsp3) is 0.385. The Morgan fingerprint density at radius 3 is 2.37 bits per heavy atom. The lowest BCUT2D eigenvalue weighted by atomic mass is 10.2. The van der Waals surface area contributed by atoms with Gasteiger partial charge in [0.2, 0.25) is 0 Å². The third-order valence-electron chi connectivity index (χ3n) is 2.64. The molecule has 0 bridgehead atoms. The number of phenols is 2. The monoisotopic (exact) mass is 267 g/mol. The van der Waals surface area contributed by atoms with E-state index >= 15 is 0 Å². The number of aromatic hydroxyl groups is 2. The molecule has 0 saturated heterocycles. The largest absolute Gasteiger partial charge is 0.508 e. The van der Waals surface area contributed by atoms with Crippen molar-refractivity contribution in [3.8, 4) is 11.5 Å². The van der Waals surface area contributed by atoms with E-state index in [1.165, 1.54) is 17.0 Å². The van der Waals surface area contributed by atoms with E-state index < -0.39 is 5.97 Å². The number of likely N-dealkylation sites (N-methyl/N-ethyl adjacent to an activating group) is 1. The van der Waals surface area contributed by atoms with Gasteiger partial charge in [0.05, 0.1) is 0 Å². The number of carbonyl (C=O) groups excluding carboxylic acids is 2. The lowest BCUT2D eigenvalue weighted by Gasteiger charge is -2.18. The summed E-state index contributed by atoms with van der Waals surface area (Å²) in [5.74, 6) is -1.65. The van der Waals surface area contributed by atoms with Gasteiger partial charge in [-0.15, -0.1) is 0 Å². The molecular weight excluding hydrogens is 250 g/mol. The number of nitrogens with zero attached hydrogens (tertiary/aromatic N) is 1. The highest BCUT2D eigenvalue weighted by Gasteiger charge is 2.16. The molecule has 0 aliphatic rings. The van der Waals surface area contributed by atoms with E-state index in [0.29, 0.717) is 13.1 Å². The van der Waals surface area contributed by atoms with E-state index in [9.17, 15) is 14.7 Å². The number of carbonyl (C=O) groups is 2. The summed E-state index contributed by atoms with van der Waals surface area (Å²) < 4.78 is 4.82. The molecule has 19 heavy (non-hydrogen) atoms.